The van der Waals surface area contributed by atoms with E-state index in [4.69, 9.17) is 5.11 Å². The number of carbonyl (C=O) groups is 1. The standard InChI is InChI=1S/C11H10N6O3/c18-10(19)5-8-11(15-20-14-8)12-6-17-9-4-2-1-3-7(9)13-16-17/h1-4H,5-6H2,(H,12,15)(H,18,19). The van der Waals surface area contributed by atoms with Crippen molar-refractivity contribution in [3.05, 3.63) is 30.0 Å². The number of rotatable bonds is 5. The molecule has 1 aromatic carbocycles. The van der Waals surface area contributed by atoms with Gasteiger partial charge in [-0.3, -0.25) is 4.79 Å². The first kappa shape index (κ1) is 12.1. The second-order valence-electron chi connectivity index (χ2n) is 4.04. The molecule has 0 amide bonds. The van der Waals surface area contributed by atoms with E-state index < -0.39 is 5.97 Å². The highest BCUT2D eigenvalue weighted by Gasteiger charge is 2.13. The van der Waals surface area contributed by atoms with Crippen molar-refractivity contribution in [2.24, 2.45) is 0 Å². The van der Waals surface area contributed by atoms with Crippen LogP contribution in [0.4, 0.5) is 5.82 Å². The van der Waals surface area contributed by atoms with Crippen molar-refractivity contribution in [2.75, 3.05) is 5.32 Å². The second kappa shape index (κ2) is 4.96. The summed E-state index contributed by atoms with van der Waals surface area (Å²) in [5, 5.41) is 26.8. The molecule has 2 N–H and O–H groups in total. The number of carboxylic acid groups (broad SMARTS) is 1. The van der Waals surface area contributed by atoms with Gasteiger partial charge in [-0.1, -0.05) is 22.5 Å². The second-order valence-corrected chi connectivity index (χ2v) is 4.04. The van der Waals surface area contributed by atoms with Crippen LogP contribution in [0.15, 0.2) is 28.9 Å². The molecule has 0 atom stereocenters. The third-order valence-corrected chi connectivity index (χ3v) is 2.69. The fourth-order valence-electron chi connectivity index (χ4n) is 1.78. The van der Waals surface area contributed by atoms with E-state index in [9.17, 15) is 4.79 Å². The Kier molecular flexibility index (Phi) is 2.99. The molecule has 0 saturated carbocycles. The molecule has 0 aliphatic rings. The third-order valence-electron chi connectivity index (χ3n) is 2.69. The van der Waals surface area contributed by atoms with Crippen LogP contribution in [-0.4, -0.2) is 36.4 Å². The number of fused-ring (bicyclic) bond motifs is 1. The zero-order valence-corrected chi connectivity index (χ0v) is 10.2. The van der Waals surface area contributed by atoms with Crippen LogP contribution in [0.2, 0.25) is 0 Å². The predicted molar refractivity (Wildman–Crippen MR) is 66.8 cm³/mol. The van der Waals surface area contributed by atoms with Gasteiger partial charge in [-0.05, 0) is 17.3 Å². The molecule has 0 bridgehead atoms. The normalized spacial score (nSPS) is 10.8. The Bertz CT molecular complexity index is 749. The van der Waals surface area contributed by atoms with E-state index in [1.807, 2.05) is 24.3 Å². The van der Waals surface area contributed by atoms with E-state index in [0.717, 1.165) is 11.0 Å². The topological polar surface area (TPSA) is 119 Å². The van der Waals surface area contributed by atoms with Gasteiger partial charge in [0.15, 0.2) is 5.82 Å². The summed E-state index contributed by atoms with van der Waals surface area (Å²) in [7, 11) is 0. The summed E-state index contributed by atoms with van der Waals surface area (Å²) in [6.45, 7) is 0.279. The molecule has 9 nitrogen and oxygen atoms in total. The van der Waals surface area contributed by atoms with E-state index in [1.165, 1.54) is 0 Å². The highest BCUT2D eigenvalue weighted by atomic mass is 16.6. The number of anilines is 1. The summed E-state index contributed by atoms with van der Waals surface area (Å²) in [5.41, 5.74) is 1.87. The van der Waals surface area contributed by atoms with E-state index >= 15 is 0 Å². The Morgan fingerprint density at radius 2 is 2.20 bits per heavy atom. The maximum Gasteiger partial charge on any atom is 0.309 e. The number of carboxylic acids is 1. The van der Waals surface area contributed by atoms with Crippen molar-refractivity contribution in [2.45, 2.75) is 13.1 Å². The Labute approximate surface area is 112 Å². The van der Waals surface area contributed by atoms with Gasteiger partial charge in [0.05, 0.1) is 11.9 Å². The number of nitrogens with zero attached hydrogens (tertiary/aromatic N) is 5. The Balaban J connectivity index is 1.76. The highest BCUT2D eigenvalue weighted by molar-refractivity contribution is 5.74. The minimum absolute atomic E-state index is 0.238. The summed E-state index contributed by atoms with van der Waals surface area (Å²) in [6.07, 6.45) is -0.260. The van der Waals surface area contributed by atoms with Gasteiger partial charge in [-0.15, -0.1) is 5.10 Å². The number of hydrogen-bond donors (Lipinski definition) is 2. The molecular formula is C11H10N6O3. The van der Waals surface area contributed by atoms with Crippen molar-refractivity contribution in [3.63, 3.8) is 0 Å². The SMILES string of the molecule is O=C(O)Cc1nonc1NCn1nnc2ccccc21. The van der Waals surface area contributed by atoms with Crippen LogP contribution in [0.5, 0.6) is 0 Å². The lowest BCUT2D eigenvalue weighted by Gasteiger charge is -2.03. The third kappa shape index (κ3) is 2.28. The Hall–Kier alpha value is -2.97. The molecule has 0 saturated heterocycles. The molecule has 0 radical (unpaired) electrons. The average molecular weight is 274 g/mol. The van der Waals surface area contributed by atoms with Crippen LogP contribution in [0.1, 0.15) is 5.69 Å². The van der Waals surface area contributed by atoms with Crippen LogP contribution in [0, 0.1) is 0 Å². The maximum absolute atomic E-state index is 10.7. The summed E-state index contributed by atoms with van der Waals surface area (Å²) in [6, 6.07) is 7.50. The number of hydrogen-bond acceptors (Lipinski definition) is 7. The molecular weight excluding hydrogens is 264 g/mol. The van der Waals surface area contributed by atoms with Crippen LogP contribution in [0.25, 0.3) is 11.0 Å². The number of aliphatic carboxylic acids is 1. The Morgan fingerprint density at radius 3 is 3.05 bits per heavy atom. The van der Waals surface area contributed by atoms with Crippen molar-refractivity contribution in [3.8, 4) is 0 Å². The molecule has 3 rings (SSSR count). The van der Waals surface area contributed by atoms with Gasteiger partial charge in [-0.25, -0.2) is 9.31 Å². The van der Waals surface area contributed by atoms with Crippen molar-refractivity contribution >= 4 is 22.8 Å². The van der Waals surface area contributed by atoms with Gasteiger partial charge >= 0.3 is 5.97 Å². The molecule has 0 spiro atoms. The van der Waals surface area contributed by atoms with Crippen molar-refractivity contribution in [1.82, 2.24) is 25.3 Å². The van der Waals surface area contributed by atoms with E-state index in [-0.39, 0.29) is 24.6 Å². The van der Waals surface area contributed by atoms with E-state index in [1.54, 1.807) is 4.68 Å². The summed E-state index contributed by atoms with van der Waals surface area (Å²) >= 11 is 0. The van der Waals surface area contributed by atoms with Crippen molar-refractivity contribution < 1.29 is 14.5 Å². The molecule has 3 aromatic rings. The molecule has 2 heterocycles. The summed E-state index contributed by atoms with van der Waals surface area (Å²) < 4.78 is 6.17. The van der Waals surface area contributed by atoms with E-state index in [2.05, 4.69) is 30.6 Å². The largest absolute Gasteiger partial charge is 0.481 e. The first-order valence-electron chi connectivity index (χ1n) is 5.79. The number of aromatic nitrogens is 5. The molecule has 0 fully saturated rings. The zero-order chi connectivity index (χ0) is 13.9. The van der Waals surface area contributed by atoms with E-state index in [0.29, 0.717) is 0 Å². The molecule has 2 aromatic heterocycles. The smallest absolute Gasteiger partial charge is 0.309 e. The average Bonchev–Trinajstić information content (AvgIpc) is 3.02. The maximum atomic E-state index is 10.7. The molecule has 0 aliphatic carbocycles. The van der Waals surface area contributed by atoms with Crippen LogP contribution < -0.4 is 5.32 Å². The zero-order valence-electron chi connectivity index (χ0n) is 10.2. The number of nitrogens with one attached hydrogen (secondary N) is 1. The minimum atomic E-state index is -1.00. The van der Waals surface area contributed by atoms with Gasteiger partial charge in [0.1, 0.15) is 17.9 Å². The van der Waals surface area contributed by atoms with Crippen LogP contribution >= 0.6 is 0 Å². The quantitative estimate of drug-likeness (QED) is 0.690. The van der Waals surface area contributed by atoms with Crippen LogP contribution in [0.3, 0.4) is 0 Å². The first-order chi connectivity index (χ1) is 9.74. The fraction of sp³-hybridized carbons (Fsp3) is 0.182. The van der Waals surface area contributed by atoms with Crippen LogP contribution in [-0.2, 0) is 17.9 Å². The molecule has 102 valence electrons. The van der Waals surface area contributed by atoms with Gasteiger partial charge in [0, 0.05) is 0 Å². The summed E-state index contributed by atoms with van der Waals surface area (Å²) in [4.78, 5) is 10.7. The predicted octanol–water partition coefficient (Wildman–Crippen LogP) is 0.511. The lowest BCUT2D eigenvalue weighted by Crippen LogP contribution is -2.12. The molecule has 0 unspecified atom stereocenters. The van der Waals surface area contributed by atoms with Gasteiger partial charge < -0.3 is 10.4 Å². The lowest BCUT2D eigenvalue weighted by atomic mass is 10.3. The molecule has 0 aliphatic heterocycles. The van der Waals surface area contributed by atoms with Gasteiger partial charge in [0.2, 0.25) is 0 Å². The minimum Gasteiger partial charge on any atom is -0.481 e. The lowest BCUT2D eigenvalue weighted by molar-refractivity contribution is -0.136. The number of benzene rings is 1. The first-order valence-corrected chi connectivity index (χ1v) is 5.79. The fourth-order valence-corrected chi connectivity index (χ4v) is 1.78. The Morgan fingerprint density at radius 1 is 1.35 bits per heavy atom. The van der Waals surface area contributed by atoms with Gasteiger partial charge in [-0.2, -0.15) is 0 Å². The monoisotopic (exact) mass is 274 g/mol. The molecule has 20 heavy (non-hydrogen) atoms. The number of para-hydroxylation sites is 1. The summed E-state index contributed by atoms with van der Waals surface area (Å²) in [5.74, 6) is -0.720. The van der Waals surface area contributed by atoms with Crippen molar-refractivity contribution in [1.29, 1.82) is 0 Å². The van der Waals surface area contributed by atoms with Gasteiger partial charge in [0.25, 0.3) is 0 Å². The molecule has 9 heteroatoms. The highest BCUT2D eigenvalue weighted by Crippen LogP contribution is 2.13.